The topological polar surface area (TPSA) is 372 Å². The number of esters is 4. The van der Waals surface area contributed by atoms with Gasteiger partial charge in [0.1, 0.15) is 0 Å². The number of hydrogen-bond acceptors (Lipinski definition) is 20. The Hall–Kier alpha value is -9.69. The van der Waals surface area contributed by atoms with Crippen LogP contribution in [0.5, 0.6) is 0 Å². The van der Waals surface area contributed by atoms with Gasteiger partial charge < -0.3 is 18.9 Å². The molecular formula is C53H49Cl3N12O20. The molecule has 4 aromatic carbocycles. The van der Waals surface area contributed by atoms with Crippen molar-refractivity contribution in [2.24, 2.45) is 0 Å². The zero-order valence-corrected chi connectivity index (χ0v) is 48.9. The first-order chi connectivity index (χ1) is 41.8. The average molecular weight is 1280 g/mol. The molecule has 8 aliphatic heterocycles. The van der Waals surface area contributed by atoms with Gasteiger partial charge in [-0.05, 0) is 72.2 Å². The predicted molar refractivity (Wildman–Crippen MR) is 297 cm³/mol. The van der Waals surface area contributed by atoms with E-state index in [4.69, 9.17) is 53.8 Å². The lowest BCUT2D eigenvalue weighted by Gasteiger charge is -2.43. The molecule has 0 saturated carbocycles. The number of benzene rings is 4. The molecule has 0 N–H and O–H groups in total. The van der Waals surface area contributed by atoms with E-state index < -0.39 is 94.6 Å². The first-order valence-electron chi connectivity index (χ1n) is 26.8. The zero-order chi connectivity index (χ0) is 63.9. The van der Waals surface area contributed by atoms with Crippen LogP contribution in [0.4, 0.5) is 41.9 Å². The van der Waals surface area contributed by atoms with Gasteiger partial charge in [0.05, 0.1) is 98.5 Å². The number of alkyl halides is 3. The number of hydrogen-bond donors (Lipinski definition) is 0. The van der Waals surface area contributed by atoms with Crippen LogP contribution in [0, 0.1) is 40.5 Å². The first-order valence-corrected chi connectivity index (χ1v) is 28.1. The highest BCUT2D eigenvalue weighted by Gasteiger charge is 2.89. The number of carbonyl (C=O) groups excluding carboxylic acids is 8. The summed E-state index contributed by atoms with van der Waals surface area (Å²) in [6.07, 6.45) is 0. The van der Waals surface area contributed by atoms with Crippen LogP contribution in [-0.4, -0.2) is 160 Å². The molecule has 4 saturated heterocycles. The Bertz CT molecular complexity index is 3290. The number of ether oxygens (including phenoxy) is 4. The van der Waals surface area contributed by atoms with Crippen molar-refractivity contribution in [3.63, 3.8) is 0 Å². The zero-order valence-electron chi connectivity index (χ0n) is 46.7. The highest BCUT2D eigenvalue weighted by molar-refractivity contribution is 6.63. The van der Waals surface area contributed by atoms with Gasteiger partial charge in [-0.3, -0.25) is 79.7 Å². The molecule has 0 aromatic heterocycles. The standard InChI is InChI=1S/2C26H24N6O10.CHCl3/c2*1-3-41-21(33)25-26(22(34)42-4-2)28-12-16-6-8-20(32(39)40)10-18(16)14-30(26)23(35)27(25)11-15-5-7-19(31(37)38)9-17(15)13-29(25)24(28)36;2-1(3)4/h2*5-10H,3-4,11-14H2,1-2H3;1H/t2*25-,26-;/m11./s1. The van der Waals surface area contributed by atoms with E-state index in [-0.39, 0.29) is 102 Å². The average Bonchev–Trinajstić information content (AvgIpc) is 1.49. The maximum absolute atomic E-state index is 14.4. The number of non-ortho nitro benzene ring substituents is 4. The van der Waals surface area contributed by atoms with E-state index >= 15 is 0 Å². The normalized spacial score (nSPS) is 22.8. The van der Waals surface area contributed by atoms with Gasteiger partial charge in [0.2, 0.25) is 0 Å². The van der Waals surface area contributed by atoms with E-state index in [9.17, 15) is 78.8 Å². The fourth-order valence-corrected chi connectivity index (χ4v) is 13.1. The van der Waals surface area contributed by atoms with Crippen molar-refractivity contribution in [2.45, 2.75) is 107 Å². The summed E-state index contributed by atoms with van der Waals surface area (Å²) in [5.41, 5.74) is -7.73. The second-order valence-corrected chi connectivity index (χ2v) is 22.5. The van der Waals surface area contributed by atoms with E-state index in [1.165, 1.54) is 100 Å². The van der Waals surface area contributed by atoms with Gasteiger partial charge in [-0.25, -0.2) is 38.4 Å². The van der Waals surface area contributed by atoms with E-state index in [0.717, 1.165) is 39.2 Å². The van der Waals surface area contributed by atoms with Gasteiger partial charge in [0.15, 0.2) is 4.30 Å². The Morgan fingerprint density at radius 1 is 0.375 bits per heavy atom. The second kappa shape index (κ2) is 22.5. The molecule has 12 rings (SSSR count). The molecular weight excluding hydrogens is 1230 g/mol. The number of nitro benzene ring substituents is 4. The molecule has 8 amide bonds. The molecule has 0 radical (unpaired) electrons. The van der Waals surface area contributed by atoms with Crippen LogP contribution < -0.4 is 0 Å². The molecule has 0 spiro atoms. The van der Waals surface area contributed by atoms with Crippen LogP contribution in [0.3, 0.4) is 0 Å². The first kappa shape index (κ1) is 61.4. The SMILES string of the molecule is CCOC(=O)[C@@]12N3Cc4ccc([N+](=O)[O-])cc4CN1C(=O)N1Cc4ccc([N+](=O)[O-])cc4CN(C3=O)[C@@]12C(=O)OCC.CCOC(=O)[C@@]12N3Cc4ccc([N+](=O)[O-])cc4CN1C(=O)N1Cc4ccc([N+](=O)[O-])cc4CN(C3=O)[C@@]12C(=O)OCC.ClC(Cl)Cl. The third-order valence-corrected chi connectivity index (χ3v) is 16.4. The fraction of sp³-hybridized carbons (Fsp3) is 0.396. The number of fused-ring (bicyclic) bond motifs is 4. The Labute approximate surface area is 510 Å². The predicted octanol–water partition coefficient (Wildman–Crippen LogP) is 6.44. The van der Waals surface area contributed by atoms with Crippen molar-refractivity contribution in [2.75, 3.05) is 26.4 Å². The summed E-state index contributed by atoms with van der Waals surface area (Å²) >= 11 is 14.4. The van der Waals surface area contributed by atoms with E-state index in [1.807, 2.05) is 0 Å². The van der Waals surface area contributed by atoms with Crippen molar-refractivity contribution in [3.8, 4) is 0 Å². The van der Waals surface area contributed by atoms with Crippen LogP contribution in [0.25, 0.3) is 0 Å². The van der Waals surface area contributed by atoms with Crippen molar-refractivity contribution in [1.29, 1.82) is 0 Å². The van der Waals surface area contributed by atoms with Crippen LogP contribution in [-0.2, 0) is 90.5 Å². The van der Waals surface area contributed by atoms with Crippen molar-refractivity contribution in [3.05, 3.63) is 158 Å². The van der Waals surface area contributed by atoms with Crippen molar-refractivity contribution in [1.82, 2.24) is 39.2 Å². The van der Waals surface area contributed by atoms with Crippen molar-refractivity contribution < 1.29 is 77.0 Å². The molecule has 462 valence electrons. The Kier molecular flexibility index (Phi) is 15.7. The van der Waals surface area contributed by atoms with Gasteiger partial charge in [-0.15, -0.1) is 0 Å². The Balaban J connectivity index is 0.000000183. The Morgan fingerprint density at radius 3 is 0.682 bits per heavy atom. The summed E-state index contributed by atoms with van der Waals surface area (Å²) < 4.78 is 21.2. The third kappa shape index (κ3) is 8.60. The number of amides is 8. The van der Waals surface area contributed by atoms with Gasteiger partial charge in [-0.2, -0.15) is 0 Å². The molecule has 0 aliphatic carbocycles. The third-order valence-electron chi connectivity index (χ3n) is 16.4. The molecule has 88 heavy (non-hydrogen) atoms. The lowest BCUT2D eigenvalue weighted by atomic mass is 9.90. The fourth-order valence-electron chi connectivity index (χ4n) is 13.1. The number of nitrogens with zero attached hydrogens (tertiary/aromatic N) is 12. The molecule has 8 heterocycles. The number of nitro groups is 4. The summed E-state index contributed by atoms with van der Waals surface area (Å²) in [7, 11) is 0. The van der Waals surface area contributed by atoms with Crippen LogP contribution in [0.2, 0.25) is 0 Å². The number of urea groups is 4. The number of halogens is 3. The molecule has 0 unspecified atom stereocenters. The number of rotatable bonds is 12. The Morgan fingerprint density at radius 2 is 0.534 bits per heavy atom. The summed E-state index contributed by atoms with van der Waals surface area (Å²) in [5, 5.41) is 46.2. The molecule has 32 nitrogen and oxygen atoms in total. The lowest BCUT2D eigenvalue weighted by molar-refractivity contribution is -0.385. The molecule has 4 fully saturated rings. The minimum Gasteiger partial charge on any atom is -0.463 e. The van der Waals surface area contributed by atoms with Crippen molar-refractivity contribution >= 4 is 106 Å². The molecule has 0 bridgehead atoms. The summed E-state index contributed by atoms with van der Waals surface area (Å²) in [6, 6.07) is 12.5. The van der Waals surface area contributed by atoms with Gasteiger partial charge in [0.25, 0.3) is 45.4 Å². The summed E-state index contributed by atoms with van der Waals surface area (Å²) in [4.78, 5) is 167. The highest BCUT2D eigenvalue weighted by atomic mass is 35.6. The van der Waals surface area contributed by atoms with Gasteiger partial charge in [-0.1, -0.05) is 59.1 Å². The summed E-state index contributed by atoms with van der Waals surface area (Å²) in [6.45, 7) is 2.82. The smallest absolute Gasteiger partial charge is 0.358 e. The van der Waals surface area contributed by atoms with E-state index in [0.29, 0.717) is 44.5 Å². The monoisotopic (exact) mass is 1280 g/mol. The maximum atomic E-state index is 14.4. The van der Waals surface area contributed by atoms with Crippen LogP contribution >= 0.6 is 34.8 Å². The summed E-state index contributed by atoms with van der Waals surface area (Å²) in [5.74, 6) is -4.26. The molecule has 4 atom stereocenters. The van der Waals surface area contributed by atoms with E-state index in [1.54, 1.807) is 0 Å². The molecule has 4 aromatic rings. The van der Waals surface area contributed by atoms with Crippen LogP contribution in [0.1, 0.15) is 72.2 Å². The van der Waals surface area contributed by atoms with Crippen LogP contribution in [0.15, 0.2) is 72.8 Å². The van der Waals surface area contributed by atoms with Gasteiger partial charge >= 0.3 is 48.0 Å². The quantitative estimate of drug-likeness (QED) is 0.0484. The number of carbonyl (C=O) groups is 8. The second-order valence-electron chi connectivity index (χ2n) is 20.5. The maximum Gasteiger partial charge on any atom is 0.358 e. The largest absolute Gasteiger partial charge is 0.463 e. The minimum atomic E-state index is -2.40. The minimum absolute atomic E-state index is 0.158. The molecule has 8 aliphatic rings. The van der Waals surface area contributed by atoms with Gasteiger partial charge in [0, 0.05) is 48.5 Å². The highest BCUT2D eigenvalue weighted by Crippen LogP contribution is 2.60. The molecule has 35 heteroatoms. The lowest BCUT2D eigenvalue weighted by Crippen LogP contribution is -2.75. The van der Waals surface area contributed by atoms with E-state index in [2.05, 4.69) is 0 Å².